The highest BCUT2D eigenvalue weighted by Crippen LogP contribution is 2.44. The van der Waals surface area contributed by atoms with E-state index in [1.54, 1.807) is 4.68 Å². The van der Waals surface area contributed by atoms with E-state index < -0.39 is 0 Å². The molecule has 1 heterocycles. The molecule has 2 saturated carbocycles. The molecule has 0 aliphatic heterocycles. The first kappa shape index (κ1) is 14.8. The summed E-state index contributed by atoms with van der Waals surface area (Å²) in [6, 6.07) is 0.421. The molecule has 116 valence electrons. The van der Waals surface area contributed by atoms with E-state index in [0.717, 1.165) is 23.5 Å². The number of aromatic nitrogens is 4. The Labute approximate surface area is 129 Å². The zero-order valence-electron chi connectivity index (χ0n) is 12.7. The summed E-state index contributed by atoms with van der Waals surface area (Å²) in [5, 5.41) is 15.6. The highest BCUT2D eigenvalue weighted by atomic mass is 32.2. The smallest absolute Gasteiger partial charge is 0.230 e. The molecule has 1 aromatic rings. The lowest BCUT2D eigenvalue weighted by Crippen LogP contribution is -2.39. The van der Waals surface area contributed by atoms with Gasteiger partial charge in [-0.05, 0) is 53.9 Å². The SMILES string of the molecule is CC(C)Cn1nnnc1SCC(=O)NC(C1CC1)C1CC1. The number of carbonyl (C=O) groups excluding carboxylic acids is 1. The van der Waals surface area contributed by atoms with Crippen molar-refractivity contribution in [2.45, 2.75) is 57.3 Å². The highest BCUT2D eigenvalue weighted by Gasteiger charge is 2.42. The molecular formula is C14H23N5OS. The summed E-state index contributed by atoms with van der Waals surface area (Å²) in [7, 11) is 0. The molecule has 2 fully saturated rings. The van der Waals surface area contributed by atoms with Crippen LogP contribution in [0.15, 0.2) is 5.16 Å². The van der Waals surface area contributed by atoms with E-state index in [-0.39, 0.29) is 5.91 Å². The second-order valence-electron chi connectivity index (χ2n) is 6.59. The first-order valence-electron chi connectivity index (χ1n) is 7.82. The van der Waals surface area contributed by atoms with Gasteiger partial charge >= 0.3 is 0 Å². The van der Waals surface area contributed by atoms with Crippen molar-refractivity contribution in [3.8, 4) is 0 Å². The molecule has 0 aromatic carbocycles. The minimum Gasteiger partial charge on any atom is -0.352 e. The summed E-state index contributed by atoms with van der Waals surface area (Å²) in [5.41, 5.74) is 0. The Balaban J connectivity index is 1.48. The first-order chi connectivity index (χ1) is 10.1. The Morgan fingerprint density at radius 1 is 1.33 bits per heavy atom. The molecule has 3 rings (SSSR count). The van der Waals surface area contributed by atoms with Crippen LogP contribution in [-0.2, 0) is 11.3 Å². The van der Waals surface area contributed by atoms with Crippen LogP contribution in [0.2, 0.25) is 0 Å². The largest absolute Gasteiger partial charge is 0.352 e. The number of amides is 1. The van der Waals surface area contributed by atoms with Gasteiger partial charge in [0, 0.05) is 12.6 Å². The topological polar surface area (TPSA) is 72.7 Å². The van der Waals surface area contributed by atoms with Crippen LogP contribution in [0.5, 0.6) is 0 Å². The molecule has 2 aliphatic carbocycles. The quantitative estimate of drug-likeness (QED) is 0.740. The van der Waals surface area contributed by atoms with Gasteiger partial charge in [-0.25, -0.2) is 4.68 Å². The average Bonchev–Trinajstić information content (AvgIpc) is 3.33. The number of tetrazole rings is 1. The van der Waals surface area contributed by atoms with Crippen molar-refractivity contribution in [1.29, 1.82) is 0 Å². The van der Waals surface area contributed by atoms with Gasteiger partial charge in [0.25, 0.3) is 0 Å². The van der Waals surface area contributed by atoms with E-state index in [4.69, 9.17) is 0 Å². The van der Waals surface area contributed by atoms with Crippen LogP contribution < -0.4 is 5.32 Å². The van der Waals surface area contributed by atoms with Gasteiger partial charge in [0.15, 0.2) is 0 Å². The fourth-order valence-corrected chi connectivity index (χ4v) is 3.35. The number of nitrogens with zero attached hydrogens (tertiary/aromatic N) is 4. The molecule has 0 unspecified atom stereocenters. The molecule has 1 N–H and O–H groups in total. The van der Waals surface area contributed by atoms with Gasteiger partial charge in [0.2, 0.25) is 11.1 Å². The van der Waals surface area contributed by atoms with Gasteiger partial charge in [0.1, 0.15) is 0 Å². The summed E-state index contributed by atoms with van der Waals surface area (Å²) in [6.07, 6.45) is 5.12. The van der Waals surface area contributed by atoms with Gasteiger partial charge in [-0.3, -0.25) is 4.79 Å². The summed E-state index contributed by atoms with van der Waals surface area (Å²) in [4.78, 5) is 12.1. The van der Waals surface area contributed by atoms with Crippen LogP contribution in [0.25, 0.3) is 0 Å². The Bertz CT molecular complexity index is 483. The standard InChI is InChI=1S/C14H23N5OS/c1-9(2)7-19-14(16-17-18-19)21-8-12(20)15-13(10-3-4-10)11-5-6-11/h9-11,13H,3-8H2,1-2H3,(H,15,20). The average molecular weight is 309 g/mol. The second-order valence-corrected chi connectivity index (χ2v) is 7.54. The lowest BCUT2D eigenvalue weighted by Gasteiger charge is -2.17. The minimum absolute atomic E-state index is 0.114. The molecule has 0 atom stereocenters. The Morgan fingerprint density at radius 2 is 2.00 bits per heavy atom. The van der Waals surface area contributed by atoms with Crippen molar-refractivity contribution < 1.29 is 4.79 Å². The molecule has 0 radical (unpaired) electrons. The Kier molecular flexibility index (Phi) is 4.47. The first-order valence-corrected chi connectivity index (χ1v) is 8.80. The molecule has 6 nitrogen and oxygen atoms in total. The normalized spacial score (nSPS) is 18.5. The molecule has 21 heavy (non-hydrogen) atoms. The molecule has 0 spiro atoms. The van der Waals surface area contributed by atoms with Crippen molar-refractivity contribution in [3.05, 3.63) is 0 Å². The molecule has 0 bridgehead atoms. The van der Waals surface area contributed by atoms with Gasteiger partial charge in [-0.1, -0.05) is 25.6 Å². The maximum atomic E-state index is 12.1. The van der Waals surface area contributed by atoms with E-state index in [9.17, 15) is 4.79 Å². The van der Waals surface area contributed by atoms with Gasteiger partial charge < -0.3 is 5.32 Å². The molecule has 1 aromatic heterocycles. The molecular weight excluding hydrogens is 286 g/mol. The van der Waals surface area contributed by atoms with Crippen molar-refractivity contribution in [2.24, 2.45) is 17.8 Å². The second kappa shape index (κ2) is 6.34. The van der Waals surface area contributed by atoms with Gasteiger partial charge in [-0.2, -0.15) is 0 Å². The van der Waals surface area contributed by atoms with Crippen LogP contribution in [0.3, 0.4) is 0 Å². The number of hydrogen-bond acceptors (Lipinski definition) is 5. The summed E-state index contributed by atoms with van der Waals surface area (Å²) in [5.74, 6) is 2.46. The molecule has 2 aliphatic rings. The third kappa shape index (κ3) is 4.18. The Morgan fingerprint density at radius 3 is 2.57 bits per heavy atom. The van der Waals surface area contributed by atoms with E-state index in [0.29, 0.717) is 17.7 Å². The number of thioether (sulfide) groups is 1. The third-order valence-corrected chi connectivity index (χ3v) is 4.91. The zero-order chi connectivity index (χ0) is 14.8. The fraction of sp³-hybridized carbons (Fsp3) is 0.857. The van der Waals surface area contributed by atoms with Gasteiger partial charge in [-0.15, -0.1) is 5.10 Å². The number of hydrogen-bond donors (Lipinski definition) is 1. The monoisotopic (exact) mass is 309 g/mol. The minimum atomic E-state index is 0.114. The summed E-state index contributed by atoms with van der Waals surface area (Å²) >= 11 is 1.42. The number of nitrogens with one attached hydrogen (secondary N) is 1. The molecule has 7 heteroatoms. The molecule has 0 saturated heterocycles. The third-order valence-electron chi connectivity index (χ3n) is 3.96. The van der Waals surface area contributed by atoms with Crippen molar-refractivity contribution >= 4 is 17.7 Å². The molecule has 1 amide bonds. The van der Waals surface area contributed by atoms with Crippen molar-refractivity contribution in [3.63, 3.8) is 0 Å². The summed E-state index contributed by atoms with van der Waals surface area (Å²) in [6.45, 7) is 5.03. The van der Waals surface area contributed by atoms with Crippen LogP contribution in [0.1, 0.15) is 39.5 Å². The predicted molar refractivity (Wildman–Crippen MR) is 80.8 cm³/mol. The lowest BCUT2D eigenvalue weighted by atomic mass is 10.1. The number of rotatable bonds is 8. The van der Waals surface area contributed by atoms with Crippen LogP contribution in [0.4, 0.5) is 0 Å². The number of carbonyl (C=O) groups is 1. The maximum absolute atomic E-state index is 12.1. The van der Waals surface area contributed by atoms with Crippen LogP contribution in [-0.4, -0.2) is 37.9 Å². The predicted octanol–water partition coefficient (Wildman–Crippen LogP) is 1.73. The van der Waals surface area contributed by atoms with E-state index >= 15 is 0 Å². The van der Waals surface area contributed by atoms with Crippen LogP contribution in [0, 0.1) is 17.8 Å². The lowest BCUT2D eigenvalue weighted by molar-refractivity contribution is -0.119. The van der Waals surface area contributed by atoms with E-state index in [1.807, 2.05) is 0 Å². The van der Waals surface area contributed by atoms with Crippen molar-refractivity contribution in [2.75, 3.05) is 5.75 Å². The van der Waals surface area contributed by atoms with E-state index in [2.05, 4.69) is 34.7 Å². The fourth-order valence-electron chi connectivity index (χ4n) is 2.65. The summed E-state index contributed by atoms with van der Waals surface area (Å²) < 4.78 is 1.78. The van der Waals surface area contributed by atoms with E-state index in [1.165, 1.54) is 37.4 Å². The van der Waals surface area contributed by atoms with Crippen molar-refractivity contribution in [1.82, 2.24) is 25.5 Å². The Hall–Kier alpha value is -1.11. The van der Waals surface area contributed by atoms with Gasteiger partial charge in [0.05, 0.1) is 5.75 Å². The van der Waals surface area contributed by atoms with Crippen LogP contribution >= 0.6 is 11.8 Å². The zero-order valence-corrected chi connectivity index (χ0v) is 13.5. The maximum Gasteiger partial charge on any atom is 0.230 e. The highest BCUT2D eigenvalue weighted by molar-refractivity contribution is 7.99.